The Bertz CT molecular complexity index is 748. The van der Waals surface area contributed by atoms with Gasteiger partial charge in [-0.1, -0.05) is 30.3 Å². The van der Waals surface area contributed by atoms with Gasteiger partial charge in [-0.3, -0.25) is 4.90 Å². The van der Waals surface area contributed by atoms with Gasteiger partial charge < -0.3 is 4.42 Å². The van der Waals surface area contributed by atoms with E-state index < -0.39 is 10.0 Å². The monoisotopic (exact) mass is 348 g/mol. The summed E-state index contributed by atoms with van der Waals surface area (Å²) < 4.78 is 32.0. The molecule has 1 aromatic heterocycles. The summed E-state index contributed by atoms with van der Waals surface area (Å²) in [7, 11) is -3.11. The van der Waals surface area contributed by atoms with Crippen LogP contribution in [0.2, 0.25) is 0 Å². The molecule has 0 spiro atoms. The molecular weight excluding hydrogens is 324 g/mol. The Balaban J connectivity index is 1.53. The molecule has 0 radical (unpaired) electrons. The van der Waals surface area contributed by atoms with E-state index in [1.807, 2.05) is 42.5 Å². The predicted octanol–water partition coefficient (Wildman–Crippen LogP) is 2.85. The summed E-state index contributed by atoms with van der Waals surface area (Å²) in [6.45, 7) is 4.18. The summed E-state index contributed by atoms with van der Waals surface area (Å²) in [5.41, 5.74) is 1.08. The highest BCUT2D eigenvalue weighted by atomic mass is 32.2. The number of nitrogens with one attached hydrogen (secondary N) is 1. The van der Waals surface area contributed by atoms with E-state index in [0.29, 0.717) is 0 Å². The molecule has 24 heavy (non-hydrogen) atoms. The molecule has 0 bridgehead atoms. The van der Waals surface area contributed by atoms with Crippen molar-refractivity contribution in [3.8, 4) is 11.3 Å². The van der Waals surface area contributed by atoms with Crippen molar-refractivity contribution in [2.75, 3.05) is 18.8 Å². The molecule has 2 heterocycles. The maximum atomic E-state index is 11.6. The molecule has 2 aromatic rings. The quantitative estimate of drug-likeness (QED) is 0.872. The second-order valence-corrected chi connectivity index (χ2v) is 8.25. The maximum Gasteiger partial charge on any atom is 0.211 e. The standard InChI is InChI=1S/C18H24N2O3S/c1-2-24(21,22)19-16-10-12-20(13-11-16)14-17-8-9-18(23-17)15-6-4-3-5-7-15/h3-9,16,19H,2,10-14H2,1H3. The number of likely N-dealkylation sites (tertiary alicyclic amines) is 1. The van der Waals surface area contributed by atoms with Crippen LogP contribution in [-0.2, 0) is 16.6 Å². The van der Waals surface area contributed by atoms with E-state index in [4.69, 9.17) is 4.42 Å². The largest absolute Gasteiger partial charge is 0.460 e. The molecule has 1 aliphatic heterocycles. The van der Waals surface area contributed by atoms with Crippen molar-refractivity contribution in [1.82, 2.24) is 9.62 Å². The van der Waals surface area contributed by atoms with Crippen LogP contribution in [0.5, 0.6) is 0 Å². The molecule has 6 heteroatoms. The summed E-state index contributed by atoms with van der Waals surface area (Å²) in [6, 6.07) is 14.1. The minimum atomic E-state index is -3.11. The smallest absolute Gasteiger partial charge is 0.211 e. The molecule has 0 amide bonds. The Morgan fingerprint density at radius 2 is 1.83 bits per heavy atom. The summed E-state index contributed by atoms with van der Waals surface area (Å²) in [5, 5.41) is 0. The SMILES string of the molecule is CCS(=O)(=O)NC1CCN(Cc2ccc(-c3ccccc3)o2)CC1. The molecule has 0 aliphatic carbocycles. The minimum Gasteiger partial charge on any atom is -0.460 e. The molecule has 5 nitrogen and oxygen atoms in total. The fourth-order valence-corrected chi connectivity index (χ4v) is 3.90. The number of rotatable bonds is 6. The summed E-state index contributed by atoms with van der Waals surface area (Å²) in [5.74, 6) is 1.97. The van der Waals surface area contributed by atoms with Gasteiger partial charge in [0.25, 0.3) is 0 Å². The summed E-state index contributed by atoms with van der Waals surface area (Å²) in [6.07, 6.45) is 1.68. The second kappa shape index (κ2) is 7.51. The lowest BCUT2D eigenvalue weighted by Crippen LogP contribution is -2.44. The highest BCUT2D eigenvalue weighted by Gasteiger charge is 2.23. The first-order valence-corrected chi connectivity index (χ1v) is 10.1. The van der Waals surface area contributed by atoms with Crippen LogP contribution in [0.1, 0.15) is 25.5 Å². The van der Waals surface area contributed by atoms with Crippen LogP contribution < -0.4 is 4.72 Å². The fourth-order valence-electron chi connectivity index (χ4n) is 2.99. The molecule has 1 aromatic carbocycles. The first-order chi connectivity index (χ1) is 11.6. The first kappa shape index (κ1) is 17.2. The van der Waals surface area contributed by atoms with Crippen LogP contribution in [0.25, 0.3) is 11.3 Å². The average Bonchev–Trinajstić information content (AvgIpc) is 3.06. The maximum absolute atomic E-state index is 11.6. The Hall–Kier alpha value is -1.63. The van der Waals surface area contributed by atoms with Crippen molar-refractivity contribution in [1.29, 1.82) is 0 Å². The Kier molecular flexibility index (Phi) is 5.38. The Labute approximate surface area is 143 Å². The predicted molar refractivity (Wildman–Crippen MR) is 95.0 cm³/mol. The number of sulfonamides is 1. The van der Waals surface area contributed by atoms with Crippen molar-refractivity contribution in [3.05, 3.63) is 48.2 Å². The number of benzene rings is 1. The average molecular weight is 348 g/mol. The van der Waals surface area contributed by atoms with Crippen molar-refractivity contribution in [2.45, 2.75) is 32.4 Å². The number of piperidine rings is 1. The third kappa shape index (κ3) is 4.47. The van der Waals surface area contributed by atoms with E-state index >= 15 is 0 Å². The van der Waals surface area contributed by atoms with Gasteiger partial charge in [-0.05, 0) is 31.9 Å². The normalized spacial score (nSPS) is 17.2. The topological polar surface area (TPSA) is 62.6 Å². The number of hydrogen-bond acceptors (Lipinski definition) is 4. The van der Waals surface area contributed by atoms with Crippen LogP contribution in [0.4, 0.5) is 0 Å². The number of hydrogen-bond donors (Lipinski definition) is 1. The van der Waals surface area contributed by atoms with E-state index in [1.165, 1.54) is 0 Å². The van der Waals surface area contributed by atoms with Crippen LogP contribution in [0.15, 0.2) is 46.9 Å². The van der Waals surface area contributed by atoms with Gasteiger partial charge in [0, 0.05) is 24.7 Å². The van der Waals surface area contributed by atoms with Gasteiger partial charge in [-0.15, -0.1) is 0 Å². The van der Waals surface area contributed by atoms with Gasteiger partial charge >= 0.3 is 0 Å². The van der Waals surface area contributed by atoms with E-state index in [1.54, 1.807) is 6.92 Å². The van der Waals surface area contributed by atoms with Gasteiger partial charge in [0.05, 0.1) is 12.3 Å². The summed E-state index contributed by atoms with van der Waals surface area (Å²) in [4.78, 5) is 2.31. The van der Waals surface area contributed by atoms with Gasteiger partial charge in [0.1, 0.15) is 11.5 Å². The molecule has 1 aliphatic rings. The van der Waals surface area contributed by atoms with Crippen LogP contribution in [0.3, 0.4) is 0 Å². The molecule has 130 valence electrons. The molecule has 1 saturated heterocycles. The van der Waals surface area contributed by atoms with Crippen molar-refractivity contribution >= 4 is 10.0 Å². The van der Waals surface area contributed by atoms with Gasteiger partial charge in [-0.2, -0.15) is 0 Å². The van der Waals surface area contributed by atoms with Gasteiger partial charge in [0.15, 0.2) is 0 Å². The molecule has 0 unspecified atom stereocenters. The Morgan fingerprint density at radius 3 is 2.50 bits per heavy atom. The van der Waals surface area contributed by atoms with Gasteiger partial charge in [0.2, 0.25) is 10.0 Å². The molecular formula is C18H24N2O3S. The third-order valence-electron chi connectivity index (χ3n) is 4.41. The molecule has 0 saturated carbocycles. The van der Waals surface area contributed by atoms with E-state index in [2.05, 4.69) is 9.62 Å². The van der Waals surface area contributed by atoms with Crippen molar-refractivity contribution in [2.24, 2.45) is 0 Å². The number of nitrogens with zero attached hydrogens (tertiary/aromatic N) is 1. The highest BCUT2D eigenvalue weighted by Crippen LogP contribution is 2.23. The lowest BCUT2D eigenvalue weighted by Gasteiger charge is -2.31. The van der Waals surface area contributed by atoms with E-state index in [0.717, 1.165) is 49.6 Å². The zero-order valence-electron chi connectivity index (χ0n) is 13.9. The van der Waals surface area contributed by atoms with Crippen LogP contribution in [0, 0.1) is 0 Å². The van der Waals surface area contributed by atoms with E-state index in [-0.39, 0.29) is 11.8 Å². The minimum absolute atomic E-state index is 0.0580. The van der Waals surface area contributed by atoms with Crippen LogP contribution >= 0.6 is 0 Å². The summed E-state index contributed by atoms with van der Waals surface area (Å²) >= 11 is 0. The number of furan rings is 1. The molecule has 1 N–H and O–H groups in total. The molecule has 0 atom stereocenters. The third-order valence-corrected chi connectivity index (χ3v) is 5.87. The fraction of sp³-hybridized carbons (Fsp3) is 0.444. The van der Waals surface area contributed by atoms with Gasteiger partial charge in [-0.25, -0.2) is 13.1 Å². The molecule has 1 fully saturated rings. The van der Waals surface area contributed by atoms with E-state index in [9.17, 15) is 8.42 Å². The molecule has 3 rings (SSSR count). The second-order valence-electron chi connectivity index (χ2n) is 6.20. The Morgan fingerprint density at radius 1 is 1.12 bits per heavy atom. The highest BCUT2D eigenvalue weighted by molar-refractivity contribution is 7.89. The van der Waals surface area contributed by atoms with Crippen LogP contribution in [-0.4, -0.2) is 38.2 Å². The van der Waals surface area contributed by atoms with Crippen molar-refractivity contribution in [3.63, 3.8) is 0 Å². The zero-order valence-corrected chi connectivity index (χ0v) is 14.8. The first-order valence-electron chi connectivity index (χ1n) is 8.42. The lowest BCUT2D eigenvalue weighted by molar-refractivity contribution is 0.187. The van der Waals surface area contributed by atoms with Crippen molar-refractivity contribution < 1.29 is 12.8 Å². The zero-order chi connectivity index (χ0) is 17.0. The lowest BCUT2D eigenvalue weighted by atomic mass is 10.1.